The van der Waals surface area contributed by atoms with E-state index >= 15 is 0 Å². The van der Waals surface area contributed by atoms with Crippen LogP contribution in [0.15, 0.2) is 23.8 Å². The van der Waals surface area contributed by atoms with E-state index in [0.717, 1.165) is 30.4 Å². The maximum atomic E-state index is 13.1. The van der Waals surface area contributed by atoms with Gasteiger partial charge in [-0.25, -0.2) is 9.59 Å². The fraction of sp³-hybridized carbons (Fsp3) is 0.485. The number of esters is 2. The monoisotopic (exact) mass is 630 g/mol. The summed E-state index contributed by atoms with van der Waals surface area (Å²) in [5.74, 6) is 0.482. The van der Waals surface area contributed by atoms with Gasteiger partial charge in [-0.15, -0.1) is 0 Å². The Morgan fingerprint density at radius 1 is 1.09 bits per heavy atom. The molecule has 0 aliphatic carbocycles. The third-order valence-corrected chi connectivity index (χ3v) is 8.26. The maximum Gasteiger partial charge on any atom is 0.341 e. The van der Waals surface area contributed by atoms with Crippen LogP contribution in [0, 0.1) is 6.92 Å². The van der Waals surface area contributed by atoms with Crippen LogP contribution in [0.4, 0.5) is 10.5 Å². The van der Waals surface area contributed by atoms with E-state index in [0.29, 0.717) is 53.1 Å². The van der Waals surface area contributed by atoms with Gasteiger partial charge in [0, 0.05) is 23.6 Å². The molecule has 0 saturated heterocycles. The van der Waals surface area contributed by atoms with Crippen LogP contribution in [0.3, 0.4) is 0 Å². The molecule has 10 nitrogen and oxygen atoms in total. The van der Waals surface area contributed by atoms with Crippen molar-refractivity contribution in [1.29, 1.82) is 0 Å². The summed E-state index contributed by atoms with van der Waals surface area (Å²) in [7, 11) is 4.50. The minimum absolute atomic E-state index is 0.0921. The van der Waals surface area contributed by atoms with Gasteiger partial charge in [0.15, 0.2) is 17.2 Å². The van der Waals surface area contributed by atoms with Gasteiger partial charge >= 0.3 is 18.0 Å². The molecule has 3 rings (SSSR count). The highest BCUT2D eigenvalue weighted by Gasteiger charge is 2.37. The van der Waals surface area contributed by atoms with Crippen LogP contribution in [0.1, 0.15) is 86.3 Å². The van der Waals surface area contributed by atoms with Crippen LogP contribution >= 0.6 is 11.6 Å². The van der Waals surface area contributed by atoms with E-state index in [1.807, 2.05) is 26.8 Å². The van der Waals surface area contributed by atoms with Crippen LogP contribution in [0.5, 0.6) is 23.0 Å². The number of methoxy groups -OCH3 is 3. The first-order chi connectivity index (χ1) is 21.0. The molecule has 0 saturated carbocycles. The number of nitrogens with two attached hydrogens (primary N) is 1. The van der Waals surface area contributed by atoms with Gasteiger partial charge in [0.05, 0.1) is 32.6 Å². The fourth-order valence-corrected chi connectivity index (χ4v) is 5.80. The van der Waals surface area contributed by atoms with Crippen LogP contribution in [-0.4, -0.2) is 45.3 Å². The van der Waals surface area contributed by atoms with Crippen molar-refractivity contribution in [1.82, 2.24) is 0 Å². The molecule has 1 aliphatic rings. The summed E-state index contributed by atoms with van der Waals surface area (Å²) in [6.07, 6.45) is 6.02. The molecule has 240 valence electrons. The summed E-state index contributed by atoms with van der Waals surface area (Å²) in [5.41, 5.74) is 9.83. The number of rotatable bonds is 15. The molecule has 1 heterocycles. The Bertz CT molecular complexity index is 1420. The van der Waals surface area contributed by atoms with Gasteiger partial charge in [-0.2, -0.15) is 0 Å². The summed E-state index contributed by atoms with van der Waals surface area (Å²) in [4.78, 5) is 40.4. The molecule has 2 N–H and O–H groups in total. The zero-order chi connectivity index (χ0) is 32.6. The molecule has 2 aromatic carbocycles. The van der Waals surface area contributed by atoms with Crippen LogP contribution < -0.4 is 29.6 Å². The highest BCUT2D eigenvalue weighted by molar-refractivity contribution is 6.34. The maximum absolute atomic E-state index is 13.1. The average Bonchev–Trinajstić information content (AvgIpc) is 3.39. The Balaban J connectivity index is 1.93. The van der Waals surface area contributed by atoms with Crippen LogP contribution in [-0.2, 0) is 22.6 Å². The number of amides is 2. The second-order valence-corrected chi connectivity index (χ2v) is 11.0. The van der Waals surface area contributed by atoms with E-state index < -0.39 is 18.0 Å². The lowest BCUT2D eigenvalue weighted by Gasteiger charge is -2.33. The fourth-order valence-electron chi connectivity index (χ4n) is 5.52. The Hall–Kier alpha value is -3.92. The Kier molecular flexibility index (Phi) is 12.3. The SMILES string of the molecule is CCCCC(CC)N(C(N)=O)c1c(C/C=C(\C)CCC(=O)Oc2ccc(OC)c(OC)c2Cl)c(OC)c(C)c2c1C(=O)OC2. The molecule has 11 heteroatoms. The number of halogens is 1. The predicted molar refractivity (Wildman–Crippen MR) is 169 cm³/mol. The van der Waals surface area contributed by atoms with Gasteiger partial charge in [-0.05, 0) is 57.2 Å². The standard InChI is InChI=1S/C33H43ClN2O8/c1-8-10-11-21(9-2)36(33(35)39)29-22(30(41-6)20(4)23-18-43-32(38)27(23)29)14-12-19(3)13-17-26(37)44-24-15-16-25(40-5)31(42-7)28(24)34/h12,15-16,21H,8-11,13-14,17-18H2,1-7H3,(H2,35,39)/b19-12+. The second-order valence-electron chi connectivity index (χ2n) is 10.7. The second kappa shape index (κ2) is 15.7. The number of fused-ring (bicyclic) bond motifs is 1. The highest BCUT2D eigenvalue weighted by Crippen LogP contribution is 2.45. The normalized spacial score (nSPS) is 13.2. The quantitative estimate of drug-likeness (QED) is 0.126. The smallest absolute Gasteiger partial charge is 0.341 e. The number of hydrogen-bond donors (Lipinski definition) is 1. The Morgan fingerprint density at radius 2 is 1.77 bits per heavy atom. The molecule has 44 heavy (non-hydrogen) atoms. The number of ether oxygens (including phenoxy) is 5. The molecule has 1 unspecified atom stereocenters. The number of unbranched alkanes of at least 4 members (excludes halogenated alkanes) is 1. The van der Waals surface area contributed by atoms with Crippen molar-refractivity contribution < 1.29 is 38.1 Å². The van der Waals surface area contributed by atoms with E-state index in [1.165, 1.54) is 14.2 Å². The number of primary amides is 1. The number of anilines is 1. The van der Waals surface area contributed by atoms with Gasteiger partial charge in [0.2, 0.25) is 0 Å². The molecule has 0 bridgehead atoms. The average molecular weight is 631 g/mol. The lowest BCUT2D eigenvalue weighted by Crippen LogP contribution is -2.45. The number of carbonyl (C=O) groups is 3. The van der Waals surface area contributed by atoms with Gasteiger partial charge in [-0.1, -0.05) is 49.9 Å². The molecule has 0 radical (unpaired) electrons. The van der Waals surface area contributed by atoms with Crippen molar-refractivity contribution in [2.24, 2.45) is 5.73 Å². The first-order valence-corrected chi connectivity index (χ1v) is 15.2. The first kappa shape index (κ1) is 34.6. The molecular formula is C33H43ClN2O8. The molecule has 2 aromatic rings. The molecule has 1 aliphatic heterocycles. The van der Waals surface area contributed by atoms with Gasteiger partial charge in [-0.3, -0.25) is 9.69 Å². The largest absolute Gasteiger partial charge is 0.496 e. The summed E-state index contributed by atoms with van der Waals surface area (Å²) in [5, 5.41) is 0.140. The summed E-state index contributed by atoms with van der Waals surface area (Å²) < 4.78 is 27.3. The van der Waals surface area contributed by atoms with E-state index in [2.05, 4.69) is 6.92 Å². The van der Waals surface area contributed by atoms with E-state index in [4.69, 9.17) is 41.0 Å². The predicted octanol–water partition coefficient (Wildman–Crippen LogP) is 7.07. The molecule has 0 aromatic heterocycles. The summed E-state index contributed by atoms with van der Waals surface area (Å²) in [6, 6.07) is 2.31. The minimum Gasteiger partial charge on any atom is -0.496 e. The topological polar surface area (TPSA) is 127 Å². The number of cyclic esters (lactones) is 1. The van der Waals surface area contributed by atoms with Crippen LogP contribution in [0.2, 0.25) is 5.02 Å². The zero-order valence-corrected chi connectivity index (χ0v) is 27.4. The Morgan fingerprint density at radius 3 is 2.36 bits per heavy atom. The molecular weight excluding hydrogens is 588 g/mol. The molecule has 2 amide bonds. The van der Waals surface area contributed by atoms with Crippen molar-refractivity contribution in [3.05, 3.63) is 51.1 Å². The van der Waals surface area contributed by atoms with E-state index in [9.17, 15) is 14.4 Å². The lowest BCUT2D eigenvalue weighted by molar-refractivity contribution is -0.134. The third-order valence-electron chi connectivity index (χ3n) is 7.90. The van der Waals surface area contributed by atoms with Crippen molar-refractivity contribution in [2.75, 3.05) is 26.2 Å². The van der Waals surface area contributed by atoms with Gasteiger partial charge in [0.1, 0.15) is 17.4 Å². The van der Waals surface area contributed by atoms with Crippen molar-refractivity contribution >= 4 is 35.3 Å². The van der Waals surface area contributed by atoms with Crippen molar-refractivity contribution in [3.63, 3.8) is 0 Å². The number of carbonyl (C=O) groups excluding carboxylic acids is 3. The van der Waals surface area contributed by atoms with Crippen molar-refractivity contribution in [3.8, 4) is 23.0 Å². The Labute approximate surface area is 264 Å². The van der Waals surface area contributed by atoms with E-state index in [-0.39, 0.29) is 35.6 Å². The van der Waals surface area contributed by atoms with Crippen LogP contribution in [0.25, 0.3) is 0 Å². The highest BCUT2D eigenvalue weighted by atomic mass is 35.5. The third kappa shape index (κ3) is 7.41. The number of allylic oxidation sites excluding steroid dienone is 2. The molecule has 0 spiro atoms. The number of urea groups is 1. The first-order valence-electron chi connectivity index (χ1n) is 14.8. The summed E-state index contributed by atoms with van der Waals surface area (Å²) >= 11 is 6.36. The number of nitrogens with zero attached hydrogens (tertiary/aromatic N) is 1. The lowest BCUT2D eigenvalue weighted by atomic mass is 9.91. The van der Waals surface area contributed by atoms with Gasteiger partial charge in [0.25, 0.3) is 0 Å². The zero-order valence-electron chi connectivity index (χ0n) is 26.6. The number of hydrogen-bond acceptors (Lipinski definition) is 8. The molecule has 1 atom stereocenters. The van der Waals surface area contributed by atoms with E-state index in [1.54, 1.807) is 24.1 Å². The van der Waals surface area contributed by atoms with Crippen molar-refractivity contribution in [2.45, 2.75) is 85.3 Å². The summed E-state index contributed by atoms with van der Waals surface area (Å²) in [6.45, 7) is 7.96. The van der Waals surface area contributed by atoms with Gasteiger partial charge < -0.3 is 29.4 Å². The molecule has 0 fully saturated rings. The number of benzene rings is 2. The minimum atomic E-state index is -0.640.